The molecule has 0 unspecified atom stereocenters. The molecule has 5 heteroatoms. The van der Waals surface area contributed by atoms with Crippen LogP contribution >= 0.6 is 11.6 Å². The number of esters is 1. The summed E-state index contributed by atoms with van der Waals surface area (Å²) in [5.41, 5.74) is 1.41. The van der Waals surface area contributed by atoms with E-state index in [1.54, 1.807) is 24.3 Å². The molecule has 0 amide bonds. The average Bonchev–Trinajstić information content (AvgIpc) is 2.49. The lowest BCUT2D eigenvalue weighted by molar-refractivity contribution is -0.144. The first kappa shape index (κ1) is 15.0. The fourth-order valence-corrected chi connectivity index (χ4v) is 1.97. The molecule has 0 saturated heterocycles. The van der Waals surface area contributed by atoms with Crippen LogP contribution in [0.5, 0.6) is 0 Å². The lowest BCUT2D eigenvalue weighted by Gasteiger charge is -2.07. The second kappa shape index (κ2) is 6.87. The number of benzene rings is 2. The number of rotatable bonds is 4. The second-order valence-electron chi connectivity index (χ2n) is 4.35. The molecular formula is C16H11ClFNO2. The molecule has 0 N–H and O–H groups in total. The lowest BCUT2D eigenvalue weighted by atomic mass is 10.1. The van der Waals surface area contributed by atoms with Crippen LogP contribution in [0.1, 0.15) is 16.7 Å². The molecule has 106 valence electrons. The summed E-state index contributed by atoms with van der Waals surface area (Å²) in [6, 6.07) is 12.9. The number of nitrogens with zero attached hydrogens (tertiary/aromatic N) is 1. The normalized spacial score (nSPS) is 9.95. The third kappa shape index (κ3) is 4.04. The van der Waals surface area contributed by atoms with E-state index in [1.807, 2.05) is 6.07 Å². The molecule has 0 spiro atoms. The molecule has 0 aliphatic heterocycles. The summed E-state index contributed by atoms with van der Waals surface area (Å²) < 4.78 is 18.6. The van der Waals surface area contributed by atoms with Crippen molar-refractivity contribution in [1.29, 1.82) is 5.26 Å². The number of carbonyl (C=O) groups is 1. The van der Waals surface area contributed by atoms with Crippen molar-refractivity contribution < 1.29 is 13.9 Å². The van der Waals surface area contributed by atoms with Gasteiger partial charge in [0.05, 0.1) is 18.1 Å². The maximum Gasteiger partial charge on any atom is 0.310 e. The van der Waals surface area contributed by atoms with Gasteiger partial charge in [-0.1, -0.05) is 29.8 Å². The molecule has 0 aliphatic rings. The summed E-state index contributed by atoms with van der Waals surface area (Å²) in [4.78, 5) is 11.7. The third-order valence-electron chi connectivity index (χ3n) is 2.87. The highest BCUT2D eigenvalue weighted by Gasteiger charge is 2.13. The highest BCUT2D eigenvalue weighted by atomic mass is 35.5. The minimum absolute atomic E-state index is 0.0661. The monoisotopic (exact) mass is 303 g/mol. The summed E-state index contributed by atoms with van der Waals surface area (Å²) in [5.74, 6) is -1.09. The molecule has 0 aliphatic carbocycles. The third-order valence-corrected chi connectivity index (χ3v) is 3.22. The van der Waals surface area contributed by atoms with Crippen LogP contribution < -0.4 is 0 Å². The lowest BCUT2D eigenvalue weighted by Crippen LogP contribution is -2.09. The Bertz CT molecular complexity index is 672. The van der Waals surface area contributed by atoms with Crippen LogP contribution in [0.25, 0.3) is 0 Å². The van der Waals surface area contributed by atoms with E-state index in [2.05, 4.69) is 0 Å². The number of halogens is 2. The molecule has 0 aromatic heterocycles. The molecular weight excluding hydrogens is 293 g/mol. The topological polar surface area (TPSA) is 50.1 Å². The Morgan fingerprint density at radius 1 is 1.24 bits per heavy atom. The highest BCUT2D eigenvalue weighted by Crippen LogP contribution is 2.20. The van der Waals surface area contributed by atoms with Gasteiger partial charge in [0.2, 0.25) is 0 Å². The van der Waals surface area contributed by atoms with Gasteiger partial charge >= 0.3 is 5.97 Å². The number of hydrogen-bond donors (Lipinski definition) is 0. The van der Waals surface area contributed by atoms with E-state index in [4.69, 9.17) is 21.6 Å². The summed E-state index contributed by atoms with van der Waals surface area (Å²) in [6.07, 6.45) is -0.220. The average molecular weight is 304 g/mol. The van der Waals surface area contributed by atoms with Gasteiger partial charge in [-0.05, 0) is 29.8 Å². The molecule has 2 aromatic rings. The van der Waals surface area contributed by atoms with Crippen molar-refractivity contribution in [1.82, 2.24) is 0 Å². The van der Waals surface area contributed by atoms with Gasteiger partial charge in [-0.15, -0.1) is 0 Å². The van der Waals surface area contributed by atoms with Crippen molar-refractivity contribution in [3.8, 4) is 6.07 Å². The van der Waals surface area contributed by atoms with Gasteiger partial charge in [-0.25, -0.2) is 4.39 Å². The minimum atomic E-state index is -0.564. The van der Waals surface area contributed by atoms with Crippen molar-refractivity contribution in [3.63, 3.8) is 0 Å². The summed E-state index contributed by atoms with van der Waals surface area (Å²) in [5, 5.41) is 8.88. The Kier molecular flexibility index (Phi) is 4.91. The van der Waals surface area contributed by atoms with Gasteiger partial charge in [0.25, 0.3) is 0 Å². The SMILES string of the molecule is N#Cc1ccc(COC(=O)Cc2c(F)cccc2Cl)cc1. The molecule has 0 fully saturated rings. The van der Waals surface area contributed by atoms with E-state index in [0.717, 1.165) is 5.56 Å². The molecule has 2 rings (SSSR count). The Morgan fingerprint density at radius 2 is 1.95 bits per heavy atom. The Hall–Kier alpha value is -2.38. The van der Waals surface area contributed by atoms with Crippen molar-refractivity contribution >= 4 is 17.6 Å². The predicted molar refractivity (Wildman–Crippen MR) is 76.1 cm³/mol. The quantitative estimate of drug-likeness (QED) is 0.810. The van der Waals surface area contributed by atoms with E-state index < -0.39 is 11.8 Å². The molecule has 0 bridgehead atoms. The fraction of sp³-hybridized carbons (Fsp3) is 0.125. The van der Waals surface area contributed by atoms with E-state index in [9.17, 15) is 9.18 Å². The van der Waals surface area contributed by atoms with Gasteiger partial charge in [0.1, 0.15) is 12.4 Å². The van der Waals surface area contributed by atoms with Gasteiger partial charge < -0.3 is 4.74 Å². The smallest absolute Gasteiger partial charge is 0.310 e. The molecule has 3 nitrogen and oxygen atoms in total. The van der Waals surface area contributed by atoms with Gasteiger partial charge in [-0.2, -0.15) is 5.26 Å². The minimum Gasteiger partial charge on any atom is -0.461 e. The van der Waals surface area contributed by atoms with Gasteiger partial charge in [0, 0.05) is 10.6 Å². The van der Waals surface area contributed by atoms with Crippen molar-refractivity contribution in [2.75, 3.05) is 0 Å². The maximum absolute atomic E-state index is 13.5. The Labute approximate surface area is 126 Å². The Morgan fingerprint density at radius 3 is 2.57 bits per heavy atom. The number of carbonyl (C=O) groups excluding carboxylic acids is 1. The fourth-order valence-electron chi connectivity index (χ4n) is 1.74. The summed E-state index contributed by atoms with van der Waals surface area (Å²) in [6.45, 7) is 0.0661. The molecule has 21 heavy (non-hydrogen) atoms. The van der Waals surface area contributed by atoms with Crippen LogP contribution in [-0.4, -0.2) is 5.97 Å². The van der Waals surface area contributed by atoms with Crippen LogP contribution in [0.3, 0.4) is 0 Å². The standard InChI is InChI=1S/C16H11ClFNO2/c17-14-2-1-3-15(18)13(14)8-16(20)21-10-12-6-4-11(9-19)5-7-12/h1-7H,8,10H2. The Balaban J connectivity index is 1.94. The first-order chi connectivity index (χ1) is 10.1. The van der Waals surface area contributed by atoms with Crippen molar-refractivity contribution in [3.05, 3.63) is 70.0 Å². The van der Waals surface area contributed by atoms with Crippen LogP contribution in [-0.2, 0) is 22.6 Å². The van der Waals surface area contributed by atoms with Crippen molar-refractivity contribution in [2.45, 2.75) is 13.0 Å². The molecule has 0 saturated carbocycles. The van der Waals surface area contributed by atoms with Crippen LogP contribution in [0.4, 0.5) is 4.39 Å². The van der Waals surface area contributed by atoms with Crippen molar-refractivity contribution in [2.24, 2.45) is 0 Å². The number of hydrogen-bond acceptors (Lipinski definition) is 3. The first-order valence-electron chi connectivity index (χ1n) is 6.17. The first-order valence-corrected chi connectivity index (χ1v) is 6.55. The zero-order valence-electron chi connectivity index (χ0n) is 11.0. The number of ether oxygens (including phenoxy) is 1. The number of nitriles is 1. The van der Waals surface area contributed by atoms with E-state index in [1.165, 1.54) is 18.2 Å². The zero-order chi connectivity index (χ0) is 15.2. The van der Waals surface area contributed by atoms with Gasteiger partial charge in [0.15, 0.2) is 0 Å². The van der Waals surface area contributed by atoms with Gasteiger partial charge in [-0.3, -0.25) is 4.79 Å². The summed E-state index contributed by atoms with van der Waals surface area (Å²) >= 11 is 5.85. The van der Waals surface area contributed by atoms with E-state index in [-0.39, 0.29) is 23.6 Å². The molecule has 0 atom stereocenters. The largest absolute Gasteiger partial charge is 0.461 e. The molecule has 2 aromatic carbocycles. The molecule has 0 heterocycles. The highest BCUT2D eigenvalue weighted by molar-refractivity contribution is 6.31. The van der Waals surface area contributed by atoms with Crippen LogP contribution in [0, 0.1) is 17.1 Å². The maximum atomic E-state index is 13.5. The van der Waals surface area contributed by atoms with E-state index in [0.29, 0.717) is 5.56 Å². The van der Waals surface area contributed by atoms with Crippen LogP contribution in [0.2, 0.25) is 5.02 Å². The summed E-state index contributed by atoms with van der Waals surface area (Å²) in [7, 11) is 0. The predicted octanol–water partition coefficient (Wildman–Crippen LogP) is 3.64. The molecule has 0 radical (unpaired) electrons. The zero-order valence-corrected chi connectivity index (χ0v) is 11.7. The van der Waals surface area contributed by atoms with Crippen LogP contribution in [0.15, 0.2) is 42.5 Å². The second-order valence-corrected chi connectivity index (χ2v) is 4.75. The van der Waals surface area contributed by atoms with E-state index >= 15 is 0 Å².